The number of fused-ring (bicyclic) bond motifs is 7. The summed E-state index contributed by atoms with van der Waals surface area (Å²) in [7, 11) is 1.34. The lowest BCUT2D eigenvalue weighted by atomic mass is 9.32. The van der Waals surface area contributed by atoms with Crippen LogP contribution in [0.5, 0.6) is 0 Å². The second-order valence-electron chi connectivity index (χ2n) is 19.1. The quantitative estimate of drug-likeness (QED) is 0.178. The van der Waals surface area contributed by atoms with Gasteiger partial charge in [0.25, 0.3) is 0 Å². The molecule has 8 nitrogen and oxygen atoms in total. The van der Waals surface area contributed by atoms with E-state index in [0.29, 0.717) is 30.1 Å². The minimum Gasteiger partial charge on any atom is -0.467 e. The van der Waals surface area contributed by atoms with Gasteiger partial charge in [-0.1, -0.05) is 60.6 Å². The van der Waals surface area contributed by atoms with Gasteiger partial charge in [-0.2, -0.15) is 0 Å². The average molecular weight is 697 g/mol. The van der Waals surface area contributed by atoms with E-state index in [-0.39, 0.29) is 70.3 Å². The van der Waals surface area contributed by atoms with E-state index in [1.165, 1.54) is 25.5 Å². The number of ether oxygens (including phenoxy) is 2. The van der Waals surface area contributed by atoms with Crippen molar-refractivity contribution in [2.75, 3.05) is 13.7 Å². The Labute approximate surface area is 302 Å². The third-order valence-corrected chi connectivity index (χ3v) is 15.9. The minimum atomic E-state index is -0.683. The van der Waals surface area contributed by atoms with Crippen molar-refractivity contribution in [1.29, 1.82) is 0 Å². The van der Waals surface area contributed by atoms with E-state index in [1.54, 1.807) is 6.92 Å². The maximum atomic E-state index is 14.4. The van der Waals surface area contributed by atoms with Gasteiger partial charge in [0.2, 0.25) is 11.8 Å². The summed E-state index contributed by atoms with van der Waals surface area (Å²) >= 11 is 0. The number of methoxy groups -OCH3 is 1. The molecule has 5 fully saturated rings. The molecule has 0 aromatic heterocycles. The molecule has 0 aromatic rings. The van der Waals surface area contributed by atoms with Crippen LogP contribution < -0.4 is 10.6 Å². The van der Waals surface area contributed by atoms with Crippen molar-refractivity contribution >= 4 is 23.8 Å². The number of allylic oxidation sites excluding steroid dienone is 1. The maximum absolute atomic E-state index is 14.4. The number of hydrogen-bond donors (Lipinski definition) is 2. The fraction of sp³-hybridized carbons (Fsp3) is 0.857. The first-order valence-electron chi connectivity index (χ1n) is 19.8. The molecule has 5 saturated carbocycles. The lowest BCUT2D eigenvalue weighted by Gasteiger charge is -2.72. The van der Waals surface area contributed by atoms with Crippen LogP contribution in [0.15, 0.2) is 12.2 Å². The summed E-state index contributed by atoms with van der Waals surface area (Å²) in [4.78, 5) is 51.7. The van der Waals surface area contributed by atoms with E-state index in [1.807, 2.05) is 13.8 Å². The number of hydrogen-bond acceptors (Lipinski definition) is 6. The van der Waals surface area contributed by atoms with Gasteiger partial charge in [-0.3, -0.25) is 14.4 Å². The molecule has 282 valence electrons. The Bertz CT molecular complexity index is 1360. The Morgan fingerprint density at radius 1 is 0.840 bits per heavy atom. The number of carbonyl (C=O) groups excluding carboxylic acids is 4. The van der Waals surface area contributed by atoms with Gasteiger partial charge >= 0.3 is 11.9 Å². The predicted octanol–water partition coefficient (Wildman–Crippen LogP) is 7.79. The van der Waals surface area contributed by atoms with Gasteiger partial charge in [0.15, 0.2) is 0 Å². The molecule has 2 N–H and O–H groups in total. The number of nitrogens with one attached hydrogen (secondary N) is 2. The molecule has 5 aliphatic rings. The number of carbonyl (C=O) groups is 4. The first-order valence-corrected chi connectivity index (χ1v) is 19.8. The van der Waals surface area contributed by atoms with E-state index in [4.69, 9.17) is 9.47 Å². The third-order valence-electron chi connectivity index (χ3n) is 15.9. The van der Waals surface area contributed by atoms with Crippen LogP contribution in [0.3, 0.4) is 0 Å². The zero-order valence-corrected chi connectivity index (χ0v) is 33.0. The maximum Gasteiger partial charge on any atom is 0.328 e. The second kappa shape index (κ2) is 13.9. The molecule has 5 aliphatic carbocycles. The van der Waals surface area contributed by atoms with E-state index >= 15 is 0 Å². The van der Waals surface area contributed by atoms with Crippen LogP contribution in [0.4, 0.5) is 0 Å². The highest BCUT2D eigenvalue weighted by Crippen LogP contribution is 2.77. The van der Waals surface area contributed by atoms with Crippen molar-refractivity contribution in [3.8, 4) is 0 Å². The molecule has 2 amide bonds. The Balaban J connectivity index is 1.35. The monoisotopic (exact) mass is 697 g/mol. The SMILES string of the molecule is C=C(C)[C@@H]1CC[C@]2(C(=O)NCCC(=O)N[C@@H](CC(C)C)C(=O)OC)CC[C@]3(C)[C@H](CC[C@@H]4[C@@]5(C)CC[C@H](OC(C)=O)C(C)(C)[C@@H]5CC[C@]43C)[C@@H]12. The fourth-order valence-corrected chi connectivity index (χ4v) is 13.5. The number of rotatable bonds is 10. The summed E-state index contributed by atoms with van der Waals surface area (Å²) in [6, 6.07) is -0.683. The second-order valence-corrected chi connectivity index (χ2v) is 19.1. The summed E-state index contributed by atoms with van der Waals surface area (Å²) in [5.41, 5.74) is 1.11. The van der Waals surface area contributed by atoms with Gasteiger partial charge in [-0.15, -0.1) is 0 Å². The molecule has 50 heavy (non-hydrogen) atoms. The highest BCUT2D eigenvalue weighted by atomic mass is 16.5. The predicted molar refractivity (Wildman–Crippen MR) is 196 cm³/mol. The molecule has 0 unspecified atom stereocenters. The Morgan fingerprint density at radius 2 is 1.54 bits per heavy atom. The molecule has 0 aromatic carbocycles. The zero-order valence-electron chi connectivity index (χ0n) is 33.0. The summed E-state index contributed by atoms with van der Waals surface area (Å²) in [6.07, 6.45) is 11.0. The first-order chi connectivity index (χ1) is 23.3. The molecular weight excluding hydrogens is 628 g/mol. The number of amides is 2. The van der Waals surface area contributed by atoms with E-state index in [9.17, 15) is 19.2 Å². The molecule has 0 spiro atoms. The molecule has 0 heterocycles. The highest BCUT2D eigenvalue weighted by molar-refractivity contribution is 5.86. The zero-order chi connectivity index (χ0) is 37.0. The van der Waals surface area contributed by atoms with E-state index in [2.05, 4.69) is 58.8 Å². The van der Waals surface area contributed by atoms with Crippen LogP contribution >= 0.6 is 0 Å². The van der Waals surface area contributed by atoms with E-state index < -0.39 is 17.4 Å². The van der Waals surface area contributed by atoms with Crippen molar-refractivity contribution < 1.29 is 28.7 Å². The van der Waals surface area contributed by atoms with Crippen LogP contribution in [0.25, 0.3) is 0 Å². The van der Waals surface area contributed by atoms with E-state index in [0.717, 1.165) is 51.4 Å². The fourth-order valence-electron chi connectivity index (χ4n) is 13.5. The molecular formula is C42H68N2O6. The molecule has 5 rings (SSSR count). The Hall–Kier alpha value is -2.38. The third kappa shape index (κ3) is 6.24. The average Bonchev–Trinajstić information content (AvgIpc) is 3.43. The van der Waals surface area contributed by atoms with Crippen LogP contribution in [-0.4, -0.2) is 49.6 Å². The molecule has 0 aliphatic heterocycles. The van der Waals surface area contributed by atoms with Gasteiger partial charge < -0.3 is 20.1 Å². The summed E-state index contributed by atoms with van der Waals surface area (Å²) in [5, 5.41) is 6.06. The Kier molecular flexibility index (Phi) is 10.8. The van der Waals surface area contributed by atoms with Gasteiger partial charge in [-0.25, -0.2) is 4.79 Å². The van der Waals surface area contributed by atoms with Gasteiger partial charge in [0.05, 0.1) is 12.5 Å². The van der Waals surface area contributed by atoms with Crippen molar-refractivity contribution in [3.05, 3.63) is 12.2 Å². The van der Waals surface area contributed by atoms with Crippen LogP contribution in [-0.2, 0) is 28.7 Å². The van der Waals surface area contributed by atoms with Crippen molar-refractivity contribution in [1.82, 2.24) is 10.6 Å². The molecule has 8 heteroatoms. The summed E-state index contributed by atoms with van der Waals surface area (Å²) in [5.74, 6) is 1.52. The normalized spacial score (nSPS) is 40.6. The highest BCUT2D eigenvalue weighted by Gasteiger charge is 2.72. The molecule has 0 radical (unpaired) electrons. The van der Waals surface area contributed by atoms with Gasteiger partial charge in [-0.05, 0) is 129 Å². The molecule has 0 saturated heterocycles. The topological polar surface area (TPSA) is 111 Å². The van der Waals surface area contributed by atoms with Gasteiger partial charge in [0, 0.05) is 25.3 Å². The van der Waals surface area contributed by atoms with Crippen molar-refractivity contribution in [2.24, 2.45) is 62.6 Å². The largest absolute Gasteiger partial charge is 0.467 e. The minimum absolute atomic E-state index is 0.0293. The lowest BCUT2D eigenvalue weighted by molar-refractivity contribution is -0.248. The number of esters is 2. The summed E-state index contributed by atoms with van der Waals surface area (Å²) < 4.78 is 10.9. The van der Waals surface area contributed by atoms with Crippen molar-refractivity contribution in [3.63, 3.8) is 0 Å². The smallest absolute Gasteiger partial charge is 0.328 e. The van der Waals surface area contributed by atoms with Crippen molar-refractivity contribution in [2.45, 2.75) is 152 Å². The van der Waals surface area contributed by atoms with Crippen LogP contribution in [0, 0.1) is 62.6 Å². The first kappa shape index (κ1) is 38.8. The van der Waals surface area contributed by atoms with Gasteiger partial charge in [0.1, 0.15) is 12.1 Å². The Morgan fingerprint density at radius 3 is 2.16 bits per heavy atom. The molecule has 11 atom stereocenters. The lowest BCUT2D eigenvalue weighted by Crippen LogP contribution is -2.67. The van der Waals surface area contributed by atoms with Crippen LogP contribution in [0.1, 0.15) is 139 Å². The molecule has 0 bridgehead atoms. The summed E-state index contributed by atoms with van der Waals surface area (Å²) in [6.45, 7) is 24.9. The standard InChI is InChI=1S/C42H68N2O6/c1-25(2)24-30(36(47)49-11)44-34(46)17-23-43-37(48)42-20-14-28(26(3)4)35(42)29-12-13-32-39(8)18-16-33(50-27(5)45)38(6,7)31(39)15-19-41(32,10)40(29,9)21-22-42/h25,28-33,35H,3,12-24H2,1-2,4-11H3,(H,43,48)(H,44,46)/t28-,29+,30-,31-,32+,33-,35+,39-,40+,41+,42-/m0/s1. The van der Waals surface area contributed by atoms with Crippen LogP contribution in [0.2, 0.25) is 0 Å².